The van der Waals surface area contributed by atoms with E-state index in [9.17, 15) is 0 Å². The summed E-state index contributed by atoms with van der Waals surface area (Å²) < 4.78 is 0. The Kier molecular flexibility index (Phi) is 5.15. The van der Waals surface area contributed by atoms with Gasteiger partial charge in [0.05, 0.1) is 0 Å². The van der Waals surface area contributed by atoms with Gasteiger partial charge in [0.15, 0.2) is 0 Å². The fourth-order valence-electron chi connectivity index (χ4n) is 3.68. The summed E-state index contributed by atoms with van der Waals surface area (Å²) in [7, 11) is 0. The Morgan fingerprint density at radius 3 is 2.76 bits per heavy atom. The van der Waals surface area contributed by atoms with Crippen LogP contribution in [0, 0.1) is 0 Å². The lowest BCUT2D eigenvalue weighted by Gasteiger charge is -2.31. The molecule has 1 aromatic rings. The van der Waals surface area contributed by atoms with Crippen LogP contribution in [0.2, 0.25) is 0 Å². The first kappa shape index (κ1) is 14.9. The zero-order chi connectivity index (χ0) is 14.5. The second-order valence-corrected chi connectivity index (χ2v) is 6.52. The summed E-state index contributed by atoms with van der Waals surface area (Å²) in [5.41, 5.74) is 4.41. The van der Waals surface area contributed by atoms with Gasteiger partial charge in [-0.3, -0.25) is 0 Å². The van der Waals surface area contributed by atoms with Crippen molar-refractivity contribution >= 4 is 5.69 Å². The Morgan fingerprint density at radius 1 is 1.14 bits per heavy atom. The first-order chi connectivity index (χ1) is 10.4. The molecular formula is C18H29N3. The van der Waals surface area contributed by atoms with Crippen LogP contribution in [0.3, 0.4) is 0 Å². The topological polar surface area (TPSA) is 36.1 Å². The third kappa shape index (κ3) is 3.78. The van der Waals surface area contributed by atoms with Crippen LogP contribution >= 0.6 is 0 Å². The smallest absolute Gasteiger partial charge is 0.0378 e. The molecule has 1 fully saturated rings. The largest absolute Gasteiger partial charge is 0.382 e. The molecule has 1 saturated carbocycles. The predicted octanol–water partition coefficient (Wildman–Crippen LogP) is 3.06. The van der Waals surface area contributed by atoms with Crippen molar-refractivity contribution in [1.29, 1.82) is 0 Å². The van der Waals surface area contributed by atoms with Crippen LogP contribution in [0.4, 0.5) is 5.69 Å². The van der Waals surface area contributed by atoms with Gasteiger partial charge in [-0.05, 0) is 68.8 Å². The minimum Gasteiger partial charge on any atom is -0.382 e. The van der Waals surface area contributed by atoms with Crippen molar-refractivity contribution in [1.82, 2.24) is 10.6 Å². The third-order valence-electron chi connectivity index (χ3n) is 4.91. The van der Waals surface area contributed by atoms with E-state index in [-0.39, 0.29) is 0 Å². The number of rotatable bonds is 5. The lowest BCUT2D eigenvalue weighted by molar-refractivity contribution is 0.354. The van der Waals surface area contributed by atoms with Crippen molar-refractivity contribution in [2.75, 3.05) is 18.4 Å². The molecule has 0 saturated heterocycles. The third-order valence-corrected chi connectivity index (χ3v) is 4.91. The van der Waals surface area contributed by atoms with Gasteiger partial charge in [-0.25, -0.2) is 0 Å². The monoisotopic (exact) mass is 287 g/mol. The van der Waals surface area contributed by atoms with Crippen molar-refractivity contribution in [3.05, 3.63) is 29.3 Å². The molecule has 0 aromatic heterocycles. The van der Waals surface area contributed by atoms with Gasteiger partial charge in [0.25, 0.3) is 0 Å². The van der Waals surface area contributed by atoms with E-state index >= 15 is 0 Å². The number of hydrogen-bond acceptors (Lipinski definition) is 3. The van der Waals surface area contributed by atoms with E-state index in [1.54, 1.807) is 5.56 Å². The second kappa shape index (κ2) is 7.28. The first-order valence-corrected chi connectivity index (χ1v) is 8.68. The van der Waals surface area contributed by atoms with E-state index in [1.165, 1.54) is 49.9 Å². The molecule has 0 radical (unpaired) electrons. The average Bonchev–Trinajstić information content (AvgIpc) is 2.55. The van der Waals surface area contributed by atoms with Gasteiger partial charge in [0.2, 0.25) is 0 Å². The predicted molar refractivity (Wildman–Crippen MR) is 89.8 cm³/mol. The maximum Gasteiger partial charge on any atom is 0.0378 e. The van der Waals surface area contributed by atoms with Crippen LogP contribution < -0.4 is 16.0 Å². The van der Waals surface area contributed by atoms with E-state index < -0.39 is 0 Å². The van der Waals surface area contributed by atoms with E-state index in [1.807, 2.05) is 0 Å². The minimum absolute atomic E-state index is 0.658. The average molecular weight is 287 g/mol. The van der Waals surface area contributed by atoms with Crippen molar-refractivity contribution in [3.63, 3.8) is 0 Å². The van der Waals surface area contributed by atoms with E-state index in [2.05, 4.69) is 41.1 Å². The molecule has 2 aliphatic rings. The number of benzene rings is 1. The number of hydrogen-bond donors (Lipinski definition) is 3. The molecule has 0 spiro atoms. The molecule has 1 aliphatic carbocycles. The molecule has 3 rings (SSSR count). The fourth-order valence-corrected chi connectivity index (χ4v) is 3.68. The van der Waals surface area contributed by atoms with Gasteiger partial charge in [-0.2, -0.15) is 0 Å². The van der Waals surface area contributed by atoms with Gasteiger partial charge < -0.3 is 16.0 Å². The normalized spacial score (nSPS) is 25.4. The Hall–Kier alpha value is -1.06. The van der Waals surface area contributed by atoms with Crippen LogP contribution in [-0.4, -0.2) is 25.2 Å². The van der Waals surface area contributed by atoms with Gasteiger partial charge in [0, 0.05) is 24.3 Å². The van der Waals surface area contributed by atoms with E-state index in [0.29, 0.717) is 6.04 Å². The zero-order valence-corrected chi connectivity index (χ0v) is 13.3. The zero-order valence-electron chi connectivity index (χ0n) is 13.3. The van der Waals surface area contributed by atoms with Crippen molar-refractivity contribution in [2.24, 2.45) is 0 Å². The highest BCUT2D eigenvalue weighted by Crippen LogP contribution is 2.27. The Balaban J connectivity index is 1.56. The van der Waals surface area contributed by atoms with Gasteiger partial charge in [0.1, 0.15) is 0 Å². The molecule has 1 aromatic carbocycles. The number of anilines is 1. The first-order valence-electron chi connectivity index (χ1n) is 8.68. The molecule has 3 nitrogen and oxygen atoms in total. The molecule has 0 unspecified atom stereocenters. The second-order valence-electron chi connectivity index (χ2n) is 6.52. The van der Waals surface area contributed by atoms with Crippen LogP contribution in [0.5, 0.6) is 0 Å². The van der Waals surface area contributed by atoms with E-state index in [4.69, 9.17) is 0 Å². The highest BCUT2D eigenvalue weighted by Gasteiger charge is 2.21. The Bertz CT molecular complexity index is 450. The lowest BCUT2D eigenvalue weighted by Crippen LogP contribution is -2.37. The maximum absolute atomic E-state index is 3.83. The van der Waals surface area contributed by atoms with Crippen LogP contribution in [0.15, 0.2) is 18.2 Å². The molecule has 1 heterocycles. The van der Waals surface area contributed by atoms with Crippen molar-refractivity contribution in [3.8, 4) is 0 Å². The Labute approximate surface area is 128 Å². The maximum atomic E-state index is 3.83. The quantitative estimate of drug-likeness (QED) is 0.779. The molecule has 116 valence electrons. The highest BCUT2D eigenvalue weighted by molar-refractivity contribution is 5.56. The molecule has 3 heteroatoms. The van der Waals surface area contributed by atoms with Crippen LogP contribution in [0.25, 0.3) is 0 Å². The summed E-state index contributed by atoms with van der Waals surface area (Å²) in [5.74, 6) is 0. The SMILES string of the molecule is CCCNC1CCC(Nc2cccc3c2CCNC3)CC1. The van der Waals surface area contributed by atoms with Crippen molar-refractivity contribution < 1.29 is 0 Å². The molecule has 21 heavy (non-hydrogen) atoms. The molecule has 1 aliphatic heterocycles. The van der Waals surface area contributed by atoms with Gasteiger partial charge in [-0.15, -0.1) is 0 Å². The summed E-state index contributed by atoms with van der Waals surface area (Å²) >= 11 is 0. The number of nitrogens with one attached hydrogen (secondary N) is 3. The molecule has 0 bridgehead atoms. The lowest BCUT2D eigenvalue weighted by atomic mass is 9.90. The summed E-state index contributed by atoms with van der Waals surface area (Å²) in [6, 6.07) is 8.13. The minimum atomic E-state index is 0.658. The fraction of sp³-hybridized carbons (Fsp3) is 0.667. The van der Waals surface area contributed by atoms with Crippen LogP contribution in [-0.2, 0) is 13.0 Å². The molecule has 3 N–H and O–H groups in total. The summed E-state index contributed by atoms with van der Waals surface area (Å²) in [4.78, 5) is 0. The highest BCUT2D eigenvalue weighted by atomic mass is 15.0. The summed E-state index contributed by atoms with van der Waals surface area (Å²) in [6.45, 7) is 5.55. The molecule has 0 amide bonds. The van der Waals surface area contributed by atoms with Crippen LogP contribution in [0.1, 0.15) is 50.2 Å². The number of fused-ring (bicyclic) bond motifs is 1. The molecule has 0 atom stereocenters. The summed E-state index contributed by atoms with van der Waals surface area (Å²) in [6.07, 6.45) is 7.61. The standard InChI is InChI=1S/C18H29N3/c1-2-11-20-15-6-8-16(9-7-15)21-18-5-3-4-14-13-19-12-10-17(14)18/h3-5,15-16,19-21H,2,6-13H2,1H3. The van der Waals surface area contributed by atoms with Gasteiger partial charge in [-0.1, -0.05) is 19.1 Å². The Morgan fingerprint density at radius 2 is 1.95 bits per heavy atom. The van der Waals surface area contributed by atoms with Gasteiger partial charge >= 0.3 is 0 Å². The van der Waals surface area contributed by atoms with Crippen molar-refractivity contribution in [2.45, 2.75) is 64.1 Å². The van der Waals surface area contributed by atoms with E-state index in [0.717, 1.165) is 25.6 Å². The summed E-state index contributed by atoms with van der Waals surface area (Å²) in [5, 5.41) is 11.0. The molecular weight excluding hydrogens is 258 g/mol.